The van der Waals surface area contributed by atoms with E-state index in [1.807, 2.05) is 24.3 Å². The molecule has 0 aliphatic carbocycles. The van der Waals surface area contributed by atoms with E-state index < -0.39 is 0 Å². The molecule has 2 atom stereocenters. The summed E-state index contributed by atoms with van der Waals surface area (Å²) < 4.78 is 34.0. The molecule has 1 fully saturated rings. The molecule has 14 heteroatoms. The van der Waals surface area contributed by atoms with Crippen LogP contribution in [-0.4, -0.2) is 141 Å². The maximum absolute atomic E-state index is 6.24. The van der Waals surface area contributed by atoms with Crippen molar-refractivity contribution in [2.45, 2.75) is 25.2 Å². The highest BCUT2D eigenvalue weighted by Crippen LogP contribution is 2.36. The SMILES string of the molecule is c1ccc2c(c1)nnn2C(CCN1CCOCCOCCN(CCC(n2nnc3ccccc32)n2c3ccccc3c3ccccc32)CCOCCOCC1)n1c2ccccc2c2ccccc21. The van der Waals surface area contributed by atoms with Gasteiger partial charge in [0.05, 0.1) is 86.0 Å². The largest absolute Gasteiger partial charge is 0.378 e. The zero-order chi connectivity index (χ0) is 45.5. The topological polar surface area (TPSA) is 115 Å². The Bertz CT molecular complexity index is 2910. The van der Waals surface area contributed by atoms with Crippen molar-refractivity contribution in [1.82, 2.24) is 48.9 Å². The van der Waals surface area contributed by atoms with Gasteiger partial charge in [-0.1, -0.05) is 107 Å². The number of fused-ring (bicyclic) bond motifs is 8. The highest BCUT2D eigenvalue weighted by atomic mass is 16.5. The molecule has 348 valence electrons. The maximum atomic E-state index is 6.24. The van der Waals surface area contributed by atoms with E-state index in [1.54, 1.807) is 0 Å². The molecular weight excluding hydrogens is 853 g/mol. The molecule has 2 unspecified atom stereocenters. The molecule has 14 nitrogen and oxygen atoms in total. The van der Waals surface area contributed by atoms with Crippen molar-refractivity contribution in [3.63, 3.8) is 0 Å². The average Bonchev–Trinajstić information content (AvgIpc) is 4.17. The van der Waals surface area contributed by atoms with Gasteiger partial charge in [0.25, 0.3) is 0 Å². The van der Waals surface area contributed by atoms with Gasteiger partial charge >= 0.3 is 0 Å². The molecular formula is C54H58N10O4. The monoisotopic (exact) mass is 910 g/mol. The molecule has 0 N–H and O–H groups in total. The number of ether oxygens (including phenoxy) is 4. The fourth-order valence-corrected chi connectivity index (χ4v) is 10.2. The highest BCUT2D eigenvalue weighted by Gasteiger charge is 2.26. The van der Waals surface area contributed by atoms with E-state index in [0.29, 0.717) is 52.9 Å². The molecule has 11 rings (SSSR count). The summed E-state index contributed by atoms with van der Waals surface area (Å²) in [4.78, 5) is 4.88. The Morgan fingerprint density at radius 1 is 0.353 bits per heavy atom. The zero-order valence-corrected chi connectivity index (χ0v) is 38.4. The van der Waals surface area contributed by atoms with Crippen molar-refractivity contribution in [2.75, 3.05) is 92.1 Å². The summed E-state index contributed by atoms with van der Waals surface area (Å²) in [6.07, 6.45) is 1.36. The van der Waals surface area contributed by atoms with Crippen LogP contribution in [0.15, 0.2) is 146 Å². The van der Waals surface area contributed by atoms with E-state index in [0.717, 1.165) is 74.2 Å². The van der Waals surface area contributed by atoms with Crippen LogP contribution in [0.25, 0.3) is 65.7 Å². The van der Waals surface area contributed by atoms with Crippen LogP contribution in [0.5, 0.6) is 0 Å². The predicted octanol–water partition coefficient (Wildman–Crippen LogP) is 8.65. The molecule has 0 spiro atoms. The molecule has 5 heterocycles. The smallest absolute Gasteiger partial charge is 0.131 e. The molecule has 0 amide bonds. The second-order valence-electron chi connectivity index (χ2n) is 17.5. The van der Waals surface area contributed by atoms with E-state index in [1.165, 1.54) is 43.6 Å². The lowest BCUT2D eigenvalue weighted by Gasteiger charge is -2.28. The van der Waals surface area contributed by atoms with Gasteiger partial charge in [0, 0.05) is 73.7 Å². The summed E-state index contributed by atoms with van der Waals surface area (Å²) in [7, 11) is 0. The third kappa shape index (κ3) is 9.10. The van der Waals surface area contributed by atoms with Gasteiger partial charge < -0.3 is 28.1 Å². The number of para-hydroxylation sites is 6. The van der Waals surface area contributed by atoms with Gasteiger partial charge in [-0.2, -0.15) is 0 Å². The normalized spacial score (nSPS) is 17.1. The molecule has 6 aromatic carbocycles. The van der Waals surface area contributed by atoms with E-state index in [9.17, 15) is 0 Å². The predicted molar refractivity (Wildman–Crippen MR) is 268 cm³/mol. The minimum atomic E-state index is -0.120. The van der Waals surface area contributed by atoms with Crippen LogP contribution >= 0.6 is 0 Å². The molecule has 0 saturated carbocycles. The molecule has 1 aliphatic heterocycles. The second-order valence-corrected chi connectivity index (χ2v) is 17.5. The first-order valence-electron chi connectivity index (χ1n) is 24.1. The average molecular weight is 911 g/mol. The Balaban J connectivity index is 0.755. The number of rotatable bonds is 10. The molecule has 10 aromatic rings. The van der Waals surface area contributed by atoms with Gasteiger partial charge in [0.15, 0.2) is 0 Å². The molecule has 0 radical (unpaired) electrons. The summed E-state index contributed by atoms with van der Waals surface area (Å²) >= 11 is 0. The van der Waals surface area contributed by atoms with Crippen molar-refractivity contribution < 1.29 is 18.9 Å². The van der Waals surface area contributed by atoms with E-state index in [4.69, 9.17) is 29.4 Å². The minimum Gasteiger partial charge on any atom is -0.378 e. The second kappa shape index (κ2) is 20.8. The van der Waals surface area contributed by atoms with E-state index in [-0.39, 0.29) is 12.3 Å². The van der Waals surface area contributed by atoms with Crippen molar-refractivity contribution >= 4 is 65.7 Å². The summed E-state index contributed by atoms with van der Waals surface area (Å²) in [5.74, 6) is 0. The number of hydrogen-bond donors (Lipinski definition) is 0. The molecule has 68 heavy (non-hydrogen) atoms. The summed E-state index contributed by atoms with van der Waals surface area (Å²) in [5, 5.41) is 23.7. The van der Waals surface area contributed by atoms with Gasteiger partial charge in [-0.05, 0) is 48.5 Å². The standard InChI is InChI=1S/C54H58N10O4/c1-7-19-47-41(13-1)42-14-2-8-20-48(42)61(47)53(63-51-23-11-5-17-45(51)55-57-63)25-27-59-29-33-65-37-39-67-35-31-60(32-36-68-40-38-66-34-30-59)28-26-54(64-52-24-12-6-18-46(52)56-58-64)62-49-21-9-3-15-43(49)44-16-4-10-22-50(44)62/h1-24,53-54H,25-40H2. The number of benzene rings is 6. The molecule has 1 aliphatic rings. The van der Waals surface area contributed by atoms with Crippen LogP contribution < -0.4 is 0 Å². The first-order valence-corrected chi connectivity index (χ1v) is 24.1. The Morgan fingerprint density at radius 2 is 0.647 bits per heavy atom. The molecule has 1 saturated heterocycles. The Kier molecular flexibility index (Phi) is 13.4. The van der Waals surface area contributed by atoms with Crippen molar-refractivity contribution in [3.8, 4) is 0 Å². The Hall–Kier alpha value is -6.52. The van der Waals surface area contributed by atoms with Crippen molar-refractivity contribution in [3.05, 3.63) is 146 Å². The Labute approximate surface area is 395 Å². The van der Waals surface area contributed by atoms with Crippen molar-refractivity contribution in [1.29, 1.82) is 0 Å². The van der Waals surface area contributed by atoms with Gasteiger partial charge in [-0.15, -0.1) is 10.2 Å². The highest BCUT2D eigenvalue weighted by molar-refractivity contribution is 6.09. The number of nitrogens with zero attached hydrogens (tertiary/aromatic N) is 10. The quantitative estimate of drug-likeness (QED) is 0.132. The fourth-order valence-electron chi connectivity index (χ4n) is 10.2. The lowest BCUT2D eigenvalue weighted by atomic mass is 10.2. The van der Waals surface area contributed by atoms with Crippen LogP contribution in [0.3, 0.4) is 0 Å². The van der Waals surface area contributed by atoms with Crippen LogP contribution in [0.2, 0.25) is 0 Å². The van der Waals surface area contributed by atoms with E-state index >= 15 is 0 Å². The number of hydrogen-bond acceptors (Lipinski definition) is 10. The molecule has 0 bridgehead atoms. The van der Waals surface area contributed by atoms with Crippen LogP contribution in [0.4, 0.5) is 0 Å². The van der Waals surface area contributed by atoms with Gasteiger partial charge in [-0.3, -0.25) is 9.80 Å². The third-order valence-electron chi connectivity index (χ3n) is 13.5. The summed E-state index contributed by atoms with van der Waals surface area (Å²) in [6, 6.07) is 51.1. The summed E-state index contributed by atoms with van der Waals surface area (Å²) in [6.45, 7) is 9.12. The first kappa shape index (κ1) is 44.0. The fraction of sp³-hybridized carbons (Fsp3) is 0.333. The van der Waals surface area contributed by atoms with Crippen LogP contribution in [-0.2, 0) is 18.9 Å². The molecule has 4 aromatic heterocycles. The van der Waals surface area contributed by atoms with Crippen molar-refractivity contribution in [2.24, 2.45) is 0 Å². The maximum Gasteiger partial charge on any atom is 0.131 e. The minimum absolute atomic E-state index is 0.120. The lowest BCUT2D eigenvalue weighted by Crippen LogP contribution is -2.35. The zero-order valence-electron chi connectivity index (χ0n) is 38.4. The number of aromatic nitrogens is 8. The van der Waals surface area contributed by atoms with Gasteiger partial charge in [0.1, 0.15) is 23.4 Å². The summed E-state index contributed by atoms with van der Waals surface area (Å²) in [5.41, 5.74) is 8.50. The van der Waals surface area contributed by atoms with Crippen LogP contribution in [0.1, 0.15) is 25.2 Å². The lowest BCUT2D eigenvalue weighted by molar-refractivity contribution is 0.00689. The Morgan fingerprint density at radius 3 is 0.985 bits per heavy atom. The first-order chi connectivity index (χ1) is 33.8. The van der Waals surface area contributed by atoms with E-state index in [2.05, 4.69) is 160 Å². The third-order valence-corrected chi connectivity index (χ3v) is 13.5. The van der Waals surface area contributed by atoms with Crippen LogP contribution in [0, 0.1) is 0 Å². The van der Waals surface area contributed by atoms with Gasteiger partial charge in [-0.25, -0.2) is 9.36 Å². The van der Waals surface area contributed by atoms with Gasteiger partial charge in [0.2, 0.25) is 0 Å².